The van der Waals surface area contributed by atoms with Gasteiger partial charge in [0.25, 0.3) is 8.32 Å². The van der Waals surface area contributed by atoms with Crippen molar-refractivity contribution in [3.63, 3.8) is 0 Å². The molecule has 0 spiro atoms. The molecule has 1 rings (SSSR count). The predicted octanol–water partition coefficient (Wildman–Crippen LogP) is 5.30. The number of rotatable bonds is 3. The second-order valence-electron chi connectivity index (χ2n) is 5.79. The Morgan fingerprint density at radius 1 is 1.33 bits per heavy atom. The minimum atomic E-state index is -2.00. The minimum Gasteiger partial charge on any atom is -0.542 e. The van der Waals surface area contributed by atoms with Crippen LogP contribution in [0.3, 0.4) is 0 Å². The normalized spacial score (nSPS) is 12.4. The number of hydrogen-bond donors (Lipinski definition) is 0. The second-order valence-corrected chi connectivity index (χ2v) is 11.8. The van der Waals surface area contributed by atoms with Gasteiger partial charge >= 0.3 is 0 Å². The van der Waals surface area contributed by atoms with E-state index in [-0.39, 0.29) is 5.04 Å². The molecule has 0 heterocycles. The molecule has 2 nitrogen and oxygen atoms in total. The first-order valence-electron chi connectivity index (χ1n) is 5.72. The fourth-order valence-electron chi connectivity index (χ4n) is 1.18. The van der Waals surface area contributed by atoms with Crippen molar-refractivity contribution in [3.8, 4) is 5.75 Å². The largest absolute Gasteiger partial charge is 0.542 e. The van der Waals surface area contributed by atoms with Gasteiger partial charge in [0.15, 0.2) is 6.29 Å². The van der Waals surface area contributed by atoms with E-state index in [1.165, 1.54) is 0 Å². The summed E-state index contributed by atoms with van der Waals surface area (Å²) in [7, 11) is -2.00. The van der Waals surface area contributed by atoms with E-state index in [1.54, 1.807) is 12.1 Å². The zero-order valence-electron chi connectivity index (χ0n) is 11.3. The van der Waals surface area contributed by atoms with Gasteiger partial charge in [-0.05, 0) is 30.3 Å². The monoisotopic (exact) mass is 348 g/mol. The highest BCUT2D eigenvalue weighted by molar-refractivity contribution is 9.10. The minimum absolute atomic E-state index is 0.0591. The molecule has 0 unspecified atom stereocenters. The molecule has 100 valence electrons. The lowest BCUT2D eigenvalue weighted by atomic mass is 10.2. The average Bonchev–Trinajstić information content (AvgIpc) is 2.19. The van der Waals surface area contributed by atoms with Crippen molar-refractivity contribution in [1.82, 2.24) is 0 Å². The van der Waals surface area contributed by atoms with Crippen LogP contribution in [0.25, 0.3) is 0 Å². The van der Waals surface area contributed by atoms with Crippen molar-refractivity contribution >= 4 is 42.1 Å². The summed E-state index contributed by atoms with van der Waals surface area (Å²) >= 11 is 9.50. The van der Waals surface area contributed by atoms with Gasteiger partial charge in [0.2, 0.25) is 0 Å². The molecule has 0 N–H and O–H groups in total. The Balaban J connectivity index is 3.23. The van der Waals surface area contributed by atoms with Crippen molar-refractivity contribution in [2.45, 2.75) is 38.9 Å². The summed E-state index contributed by atoms with van der Waals surface area (Å²) in [6, 6.07) is 3.47. The molecular formula is C13H18BrClO2Si. The van der Waals surface area contributed by atoms with Crippen LogP contribution in [0.4, 0.5) is 0 Å². The van der Waals surface area contributed by atoms with Crippen molar-refractivity contribution < 1.29 is 9.22 Å². The molecule has 0 saturated carbocycles. The number of aldehydes is 1. The summed E-state index contributed by atoms with van der Waals surface area (Å²) in [5.74, 6) is 0.501. The summed E-state index contributed by atoms with van der Waals surface area (Å²) in [5.41, 5.74) is 0.485. The molecule has 0 bridgehead atoms. The Bertz CT molecular complexity index is 467. The SMILES string of the molecule is CC(C)(C)[Si](C)(C)Oc1c(Cl)cc(Br)cc1C=O. The first-order chi connectivity index (χ1) is 8.08. The summed E-state index contributed by atoms with van der Waals surface area (Å²) < 4.78 is 6.90. The average molecular weight is 350 g/mol. The molecule has 0 radical (unpaired) electrons. The van der Waals surface area contributed by atoms with Gasteiger partial charge in [-0.2, -0.15) is 0 Å². The lowest BCUT2D eigenvalue weighted by Gasteiger charge is -2.37. The van der Waals surface area contributed by atoms with Gasteiger partial charge in [0.05, 0.1) is 10.6 Å². The highest BCUT2D eigenvalue weighted by atomic mass is 79.9. The van der Waals surface area contributed by atoms with Crippen LogP contribution >= 0.6 is 27.5 Å². The standard InChI is InChI=1S/C13H18BrClO2Si/c1-13(2,3)18(4,5)17-12-9(8-16)6-10(14)7-11(12)15/h6-8H,1-5H3. The molecule has 0 fully saturated rings. The molecule has 0 amide bonds. The van der Waals surface area contributed by atoms with E-state index in [0.29, 0.717) is 16.3 Å². The van der Waals surface area contributed by atoms with Crippen LogP contribution in [0.5, 0.6) is 5.75 Å². The Morgan fingerprint density at radius 2 is 1.89 bits per heavy atom. The van der Waals surface area contributed by atoms with E-state index >= 15 is 0 Å². The van der Waals surface area contributed by atoms with Gasteiger partial charge in [0.1, 0.15) is 5.75 Å². The third kappa shape index (κ3) is 3.37. The zero-order valence-corrected chi connectivity index (χ0v) is 14.6. The molecule has 0 aliphatic carbocycles. The van der Waals surface area contributed by atoms with Gasteiger partial charge in [-0.15, -0.1) is 0 Å². The van der Waals surface area contributed by atoms with Crippen LogP contribution < -0.4 is 4.43 Å². The maximum absolute atomic E-state index is 11.1. The van der Waals surface area contributed by atoms with Crippen molar-refractivity contribution in [2.24, 2.45) is 0 Å². The highest BCUT2D eigenvalue weighted by Crippen LogP contribution is 2.41. The van der Waals surface area contributed by atoms with Gasteiger partial charge < -0.3 is 4.43 Å². The molecule has 1 aromatic carbocycles. The number of carbonyl (C=O) groups is 1. The van der Waals surface area contributed by atoms with E-state index in [2.05, 4.69) is 49.8 Å². The van der Waals surface area contributed by atoms with E-state index in [0.717, 1.165) is 10.8 Å². The number of carbonyl (C=O) groups excluding carboxylic acids is 1. The van der Waals surface area contributed by atoms with Crippen LogP contribution in [0, 0.1) is 0 Å². The van der Waals surface area contributed by atoms with Crippen LogP contribution in [0.1, 0.15) is 31.1 Å². The zero-order chi connectivity index (χ0) is 14.1. The highest BCUT2D eigenvalue weighted by Gasteiger charge is 2.39. The number of benzene rings is 1. The van der Waals surface area contributed by atoms with Crippen LogP contribution in [-0.4, -0.2) is 14.6 Å². The maximum Gasteiger partial charge on any atom is 0.250 e. The molecule has 1 aromatic rings. The van der Waals surface area contributed by atoms with E-state index < -0.39 is 8.32 Å². The van der Waals surface area contributed by atoms with Gasteiger partial charge in [-0.3, -0.25) is 4.79 Å². The first-order valence-corrected chi connectivity index (χ1v) is 9.79. The third-order valence-corrected chi connectivity index (χ3v) is 8.39. The van der Waals surface area contributed by atoms with Crippen molar-refractivity contribution in [3.05, 3.63) is 27.2 Å². The number of halogens is 2. The third-order valence-electron chi connectivity index (χ3n) is 3.33. The van der Waals surface area contributed by atoms with Gasteiger partial charge in [-0.1, -0.05) is 48.3 Å². The molecule has 18 heavy (non-hydrogen) atoms. The fourth-order valence-corrected chi connectivity index (χ4v) is 3.17. The van der Waals surface area contributed by atoms with Gasteiger partial charge in [0, 0.05) is 4.47 Å². The lowest BCUT2D eigenvalue weighted by molar-refractivity contribution is 0.112. The Labute approximate surface area is 123 Å². The summed E-state index contributed by atoms with van der Waals surface area (Å²) in [4.78, 5) is 11.1. The molecule has 0 atom stereocenters. The van der Waals surface area contributed by atoms with Gasteiger partial charge in [-0.25, -0.2) is 0 Å². The smallest absolute Gasteiger partial charge is 0.250 e. The second kappa shape index (κ2) is 5.35. The molecule has 0 aliphatic heterocycles. The molecule has 0 saturated heterocycles. The van der Waals surface area contributed by atoms with E-state index in [9.17, 15) is 4.79 Å². The predicted molar refractivity (Wildman–Crippen MR) is 82.4 cm³/mol. The van der Waals surface area contributed by atoms with Crippen molar-refractivity contribution in [1.29, 1.82) is 0 Å². The molecule has 0 aliphatic rings. The topological polar surface area (TPSA) is 26.3 Å². The van der Waals surface area contributed by atoms with Crippen LogP contribution in [-0.2, 0) is 0 Å². The molecular weight excluding hydrogens is 332 g/mol. The maximum atomic E-state index is 11.1. The Morgan fingerprint density at radius 3 is 2.33 bits per heavy atom. The van der Waals surface area contributed by atoms with Crippen LogP contribution in [0.2, 0.25) is 23.2 Å². The van der Waals surface area contributed by atoms with E-state index in [4.69, 9.17) is 16.0 Å². The lowest BCUT2D eigenvalue weighted by Crippen LogP contribution is -2.44. The molecule has 5 heteroatoms. The Hall–Kier alpha value is -0.323. The number of hydrogen-bond acceptors (Lipinski definition) is 2. The Kier molecular flexibility index (Phi) is 4.68. The first kappa shape index (κ1) is 15.7. The summed E-state index contributed by atoms with van der Waals surface area (Å²) in [6.45, 7) is 10.7. The van der Waals surface area contributed by atoms with Crippen molar-refractivity contribution in [2.75, 3.05) is 0 Å². The van der Waals surface area contributed by atoms with Crippen LogP contribution in [0.15, 0.2) is 16.6 Å². The fraction of sp³-hybridized carbons (Fsp3) is 0.462. The summed E-state index contributed by atoms with van der Waals surface area (Å²) in [5, 5.41) is 0.528. The van der Waals surface area contributed by atoms with E-state index in [1.807, 2.05) is 0 Å². The molecule has 0 aromatic heterocycles. The summed E-state index contributed by atoms with van der Waals surface area (Å²) in [6.07, 6.45) is 0.777. The quantitative estimate of drug-likeness (QED) is 0.547.